The third kappa shape index (κ3) is 7.94. The van der Waals surface area contributed by atoms with Crippen LogP contribution in [0.25, 0.3) is 21.8 Å². The summed E-state index contributed by atoms with van der Waals surface area (Å²) in [5, 5.41) is 21.8. The van der Waals surface area contributed by atoms with Crippen LogP contribution in [0.1, 0.15) is 20.3 Å². The molecular formula is C25H27N3O6. The Bertz CT molecular complexity index is 1270. The predicted octanol–water partition coefficient (Wildman–Crippen LogP) is 4.47. The quantitative estimate of drug-likeness (QED) is 0.229. The molecule has 2 aromatic carbocycles. The van der Waals surface area contributed by atoms with E-state index in [9.17, 15) is 14.4 Å². The molecular weight excluding hydrogens is 438 g/mol. The molecule has 3 rings (SSSR count). The Morgan fingerprint density at radius 3 is 2.35 bits per heavy atom. The van der Waals surface area contributed by atoms with Gasteiger partial charge in [-0.3, -0.25) is 0 Å². The Morgan fingerprint density at radius 2 is 1.74 bits per heavy atom. The Balaban J connectivity index is 0.000000440. The van der Waals surface area contributed by atoms with Crippen LogP contribution in [0, 0.1) is 0 Å². The molecule has 0 radical (unpaired) electrons. The Labute approximate surface area is 196 Å². The molecule has 9 heteroatoms. The van der Waals surface area contributed by atoms with E-state index in [-0.39, 0.29) is 6.61 Å². The molecule has 178 valence electrons. The number of aromatic amines is 1. The summed E-state index contributed by atoms with van der Waals surface area (Å²) in [6.45, 7) is 8.10. The molecule has 0 saturated heterocycles. The van der Waals surface area contributed by atoms with Crippen LogP contribution in [0.15, 0.2) is 72.3 Å². The van der Waals surface area contributed by atoms with Crippen LogP contribution in [0.4, 0.5) is 10.5 Å². The highest BCUT2D eigenvalue weighted by Crippen LogP contribution is 2.29. The van der Waals surface area contributed by atoms with E-state index in [1.54, 1.807) is 12.1 Å². The van der Waals surface area contributed by atoms with Gasteiger partial charge in [-0.25, -0.2) is 14.4 Å². The molecule has 9 nitrogen and oxygen atoms in total. The van der Waals surface area contributed by atoms with Crippen LogP contribution in [-0.4, -0.2) is 45.9 Å². The van der Waals surface area contributed by atoms with Crippen molar-refractivity contribution in [2.75, 3.05) is 11.9 Å². The van der Waals surface area contributed by atoms with Crippen LogP contribution in [0.3, 0.4) is 0 Å². The molecule has 0 aliphatic rings. The highest BCUT2D eigenvalue weighted by molar-refractivity contribution is 6.10. The van der Waals surface area contributed by atoms with Gasteiger partial charge in [0.25, 0.3) is 0 Å². The largest absolute Gasteiger partial charge is 0.478 e. The van der Waals surface area contributed by atoms with E-state index < -0.39 is 18.0 Å². The van der Waals surface area contributed by atoms with Crippen molar-refractivity contribution in [1.82, 2.24) is 4.98 Å². The van der Waals surface area contributed by atoms with Gasteiger partial charge in [-0.2, -0.15) is 4.99 Å². The third-order valence-corrected chi connectivity index (χ3v) is 4.31. The molecule has 34 heavy (non-hydrogen) atoms. The van der Waals surface area contributed by atoms with Crippen molar-refractivity contribution in [2.24, 2.45) is 4.99 Å². The third-order valence-electron chi connectivity index (χ3n) is 4.31. The molecule has 0 aliphatic carbocycles. The van der Waals surface area contributed by atoms with Crippen LogP contribution < -0.4 is 10.7 Å². The number of para-hydroxylation sites is 1. The second-order valence-electron chi connectivity index (χ2n) is 7.39. The van der Waals surface area contributed by atoms with Gasteiger partial charge in [0.15, 0.2) is 0 Å². The predicted molar refractivity (Wildman–Crippen MR) is 131 cm³/mol. The fourth-order valence-electron chi connectivity index (χ4n) is 3.00. The number of carbonyl (C=O) groups is 3. The first kappa shape index (κ1) is 25.9. The monoisotopic (exact) mass is 465 g/mol. The molecule has 1 heterocycles. The first-order chi connectivity index (χ1) is 16.2. The summed E-state index contributed by atoms with van der Waals surface area (Å²) in [6, 6.07) is 14.1. The van der Waals surface area contributed by atoms with E-state index in [2.05, 4.69) is 47.9 Å². The summed E-state index contributed by atoms with van der Waals surface area (Å²) < 4.78 is 5.05. The molecule has 3 aromatic rings. The van der Waals surface area contributed by atoms with E-state index in [0.717, 1.165) is 27.5 Å². The maximum absolute atomic E-state index is 11.8. The number of H-pyrrole nitrogens is 1. The van der Waals surface area contributed by atoms with Gasteiger partial charge >= 0.3 is 18.0 Å². The number of hydrogen-bond donors (Lipinski definition) is 4. The number of benzene rings is 1. The lowest BCUT2D eigenvalue weighted by atomic mass is 10.1. The van der Waals surface area contributed by atoms with Crippen LogP contribution in [0.5, 0.6) is 0 Å². The molecule has 0 saturated carbocycles. The number of carboxylic acid groups (broad SMARTS) is 2. The number of fused-ring (bicyclic) bond motifs is 3. The normalized spacial score (nSPS) is 11.3. The van der Waals surface area contributed by atoms with Crippen molar-refractivity contribution in [3.8, 4) is 0 Å². The molecule has 1 amide bonds. The molecule has 0 aliphatic heterocycles. The summed E-state index contributed by atoms with van der Waals surface area (Å²) in [5.74, 6) is -2.51. The number of nitrogens with one attached hydrogen (secondary N) is 2. The van der Waals surface area contributed by atoms with Crippen molar-refractivity contribution < 1.29 is 29.3 Å². The number of hydrogen-bond acceptors (Lipinski definition) is 5. The molecule has 0 fully saturated rings. The number of ether oxygens (including phenoxy) is 1. The lowest BCUT2D eigenvalue weighted by Crippen LogP contribution is -2.09. The van der Waals surface area contributed by atoms with Gasteiger partial charge in [0.05, 0.1) is 23.2 Å². The van der Waals surface area contributed by atoms with E-state index in [4.69, 9.17) is 14.9 Å². The van der Waals surface area contributed by atoms with Gasteiger partial charge in [-0.15, -0.1) is 6.58 Å². The average Bonchev–Trinajstić information content (AvgIpc) is 2.98. The Hall–Kier alpha value is -4.40. The summed E-state index contributed by atoms with van der Waals surface area (Å²) in [4.78, 5) is 38.4. The van der Waals surface area contributed by atoms with E-state index in [0.29, 0.717) is 30.0 Å². The van der Waals surface area contributed by atoms with Crippen LogP contribution >= 0.6 is 0 Å². The zero-order chi connectivity index (χ0) is 25.1. The minimum atomic E-state index is -1.26. The fraction of sp³-hybridized carbons (Fsp3) is 0.200. The first-order valence-corrected chi connectivity index (χ1v) is 10.5. The van der Waals surface area contributed by atoms with Crippen molar-refractivity contribution in [1.29, 1.82) is 0 Å². The second-order valence-corrected chi connectivity index (χ2v) is 7.39. The second kappa shape index (κ2) is 12.6. The highest BCUT2D eigenvalue weighted by Gasteiger charge is 2.08. The highest BCUT2D eigenvalue weighted by atomic mass is 16.5. The van der Waals surface area contributed by atoms with Gasteiger partial charge in [0, 0.05) is 34.5 Å². The smallest absolute Gasteiger partial charge is 0.434 e. The lowest BCUT2D eigenvalue weighted by Gasteiger charge is -2.10. The van der Waals surface area contributed by atoms with Gasteiger partial charge in [0.2, 0.25) is 0 Å². The number of amides is 1. The summed E-state index contributed by atoms with van der Waals surface area (Å²) in [7, 11) is 0. The minimum absolute atomic E-state index is 0.289. The zero-order valence-electron chi connectivity index (χ0n) is 18.9. The topological polar surface area (TPSA) is 141 Å². The number of carbonyl (C=O) groups excluding carboxylic acids is 1. The Kier molecular flexibility index (Phi) is 9.57. The number of aliphatic carboxylic acids is 2. The molecule has 4 N–H and O–H groups in total. The number of anilines is 1. The van der Waals surface area contributed by atoms with Gasteiger partial charge < -0.3 is 25.3 Å². The molecule has 0 atom stereocenters. The summed E-state index contributed by atoms with van der Waals surface area (Å²) in [5.41, 5.74) is 3.02. The molecule has 1 aromatic heterocycles. The van der Waals surface area contributed by atoms with Gasteiger partial charge in [-0.05, 0) is 38.5 Å². The van der Waals surface area contributed by atoms with Crippen molar-refractivity contribution >= 4 is 45.5 Å². The Morgan fingerprint density at radius 1 is 1.09 bits per heavy atom. The molecule has 0 bridgehead atoms. The first-order valence-electron chi connectivity index (χ1n) is 10.5. The minimum Gasteiger partial charge on any atom is -0.478 e. The van der Waals surface area contributed by atoms with Gasteiger partial charge in [-0.1, -0.05) is 30.3 Å². The molecule has 0 unspecified atom stereocenters. The maximum atomic E-state index is 11.8. The summed E-state index contributed by atoms with van der Waals surface area (Å²) in [6.07, 6.45) is 2.84. The average molecular weight is 466 g/mol. The molecule has 0 spiro atoms. The zero-order valence-corrected chi connectivity index (χ0v) is 18.9. The maximum Gasteiger partial charge on any atom is 0.434 e. The van der Waals surface area contributed by atoms with E-state index in [1.807, 2.05) is 24.3 Å². The van der Waals surface area contributed by atoms with Crippen molar-refractivity contribution in [3.05, 3.63) is 72.6 Å². The number of rotatable bonds is 7. The fourth-order valence-corrected chi connectivity index (χ4v) is 3.00. The number of nitrogens with zero attached hydrogens (tertiary/aromatic N) is 1. The van der Waals surface area contributed by atoms with Crippen molar-refractivity contribution in [2.45, 2.75) is 26.3 Å². The SMILES string of the molecule is C=CCCOC(=O)N=c1cccc2c(c1)[nH]c1c(NC(C)C)cccc12.O=C(O)C=CC(=O)O. The standard InChI is InChI=1S/C21H23N3O2.C4H4O4/c1-4-5-12-26-21(25)23-15-8-6-9-16-17-10-7-11-18(22-14(2)3)20(17)24-19(16)13-15;5-3(6)1-2-4(7)8/h4,6-11,13-14,22,24H,1,5,12H2,2-3H3;1-2H,(H,5,6)(H,7,8). The van der Waals surface area contributed by atoms with Gasteiger partial charge in [0.1, 0.15) is 0 Å². The van der Waals surface area contributed by atoms with Crippen LogP contribution in [-0.2, 0) is 14.3 Å². The van der Waals surface area contributed by atoms with Crippen molar-refractivity contribution in [3.63, 3.8) is 0 Å². The number of aromatic nitrogens is 1. The van der Waals surface area contributed by atoms with E-state index >= 15 is 0 Å². The number of carboxylic acids is 2. The summed E-state index contributed by atoms with van der Waals surface area (Å²) >= 11 is 0. The lowest BCUT2D eigenvalue weighted by molar-refractivity contribution is -0.134. The van der Waals surface area contributed by atoms with Crippen LogP contribution in [0.2, 0.25) is 0 Å². The van der Waals surface area contributed by atoms with E-state index in [1.165, 1.54) is 0 Å².